The molecule has 0 aliphatic heterocycles. The molecule has 1 aromatic rings. The summed E-state index contributed by atoms with van der Waals surface area (Å²) < 4.78 is 2.45. The second kappa shape index (κ2) is 32.1. The topological polar surface area (TPSA) is 3.88 Å². The molecule has 1 nitrogen and oxygen atoms in total. The highest BCUT2D eigenvalue weighted by atomic mass is 14.9. The second-order valence-corrected chi connectivity index (χ2v) is 13.5. The summed E-state index contributed by atoms with van der Waals surface area (Å²) in [6, 6.07) is 4.61. The van der Waals surface area contributed by atoms with Crippen molar-refractivity contribution in [1.29, 1.82) is 0 Å². The molecule has 0 fully saturated rings. The summed E-state index contributed by atoms with van der Waals surface area (Å²) in [5.74, 6) is 0. The van der Waals surface area contributed by atoms with Crippen LogP contribution in [0.2, 0.25) is 0 Å². The van der Waals surface area contributed by atoms with Gasteiger partial charge in [0.1, 0.15) is 6.54 Å². The van der Waals surface area contributed by atoms with E-state index in [1.165, 1.54) is 212 Å². The minimum absolute atomic E-state index is 1.20. The Kier molecular flexibility index (Phi) is 29.9. The van der Waals surface area contributed by atoms with Crippen molar-refractivity contribution in [2.75, 3.05) is 0 Å². The first-order valence-corrected chi connectivity index (χ1v) is 19.3. The predicted octanol–water partition coefficient (Wildman–Crippen LogP) is 13.6. The van der Waals surface area contributed by atoms with Crippen LogP contribution < -0.4 is 4.57 Å². The van der Waals surface area contributed by atoms with Crippen molar-refractivity contribution in [2.45, 2.75) is 226 Å². The van der Waals surface area contributed by atoms with Crippen LogP contribution in [0.4, 0.5) is 0 Å². The first-order chi connectivity index (χ1) is 20.4. The van der Waals surface area contributed by atoms with Crippen LogP contribution >= 0.6 is 0 Å². The van der Waals surface area contributed by atoms with E-state index in [0.717, 1.165) is 0 Å². The van der Waals surface area contributed by atoms with Crippen LogP contribution in [-0.2, 0) is 13.0 Å². The maximum absolute atomic E-state index is 2.45. The fourth-order valence-corrected chi connectivity index (χ4v) is 6.41. The fourth-order valence-electron chi connectivity index (χ4n) is 6.41. The first kappa shape index (κ1) is 38.2. The van der Waals surface area contributed by atoms with E-state index in [1.54, 1.807) is 5.56 Å². The Labute approximate surface area is 260 Å². The van der Waals surface area contributed by atoms with Crippen molar-refractivity contribution < 1.29 is 4.57 Å². The van der Waals surface area contributed by atoms with Crippen molar-refractivity contribution >= 4 is 0 Å². The molecule has 0 unspecified atom stereocenters. The summed E-state index contributed by atoms with van der Waals surface area (Å²) >= 11 is 0. The molecule has 0 aromatic carbocycles. The molecule has 0 saturated heterocycles. The number of unbranched alkanes of at least 4 members (excludes halogenated alkanes) is 29. The van der Waals surface area contributed by atoms with Crippen LogP contribution in [0, 0.1) is 0 Å². The van der Waals surface area contributed by atoms with Gasteiger partial charge in [-0.3, -0.25) is 0 Å². The molecule has 0 atom stereocenters. The molecule has 0 spiro atoms. The summed E-state index contributed by atoms with van der Waals surface area (Å²) in [6.45, 7) is 5.81. The number of pyridine rings is 1. The Morgan fingerprint density at radius 2 is 0.707 bits per heavy atom. The number of rotatable bonds is 33. The summed E-state index contributed by atoms with van der Waals surface area (Å²) in [6.07, 6.45) is 50.8. The molecule has 1 heteroatoms. The molecule has 41 heavy (non-hydrogen) atoms. The third-order valence-corrected chi connectivity index (χ3v) is 9.26. The highest BCUT2D eigenvalue weighted by Gasteiger charge is 2.03. The first-order valence-electron chi connectivity index (χ1n) is 19.3. The second-order valence-electron chi connectivity index (χ2n) is 13.5. The van der Waals surface area contributed by atoms with Crippen molar-refractivity contribution in [1.82, 2.24) is 0 Å². The van der Waals surface area contributed by atoms with Crippen LogP contribution in [0.15, 0.2) is 24.5 Å². The summed E-state index contributed by atoms with van der Waals surface area (Å²) in [4.78, 5) is 0. The maximum Gasteiger partial charge on any atom is 0.171 e. The van der Waals surface area contributed by atoms with E-state index in [-0.39, 0.29) is 0 Å². The molecule has 0 aliphatic rings. The molecule has 0 N–H and O–H groups in total. The Hall–Kier alpha value is -0.850. The van der Waals surface area contributed by atoms with E-state index >= 15 is 0 Å². The molecular weight excluding hydrogens is 494 g/mol. The summed E-state index contributed by atoms with van der Waals surface area (Å²) in [5, 5.41) is 0. The van der Waals surface area contributed by atoms with E-state index in [0.29, 0.717) is 0 Å². The molecule has 0 radical (unpaired) electrons. The van der Waals surface area contributed by atoms with Gasteiger partial charge in [0, 0.05) is 18.1 Å². The Morgan fingerprint density at radius 1 is 0.390 bits per heavy atom. The quantitative estimate of drug-likeness (QED) is 0.0584. The van der Waals surface area contributed by atoms with E-state index in [9.17, 15) is 0 Å². The van der Waals surface area contributed by atoms with E-state index in [4.69, 9.17) is 0 Å². The number of aryl methyl sites for hydroxylation is 2. The smallest absolute Gasteiger partial charge is 0.171 e. The molecule has 0 aliphatic carbocycles. The lowest BCUT2D eigenvalue weighted by atomic mass is 10.0. The average molecular weight is 571 g/mol. The number of nitrogens with zero attached hydrogens (tertiary/aromatic N) is 1. The van der Waals surface area contributed by atoms with Gasteiger partial charge in [0.05, 0.1) is 0 Å². The van der Waals surface area contributed by atoms with Crippen LogP contribution in [0.1, 0.15) is 218 Å². The van der Waals surface area contributed by atoms with Gasteiger partial charge in [0.25, 0.3) is 0 Å². The molecule has 240 valence electrons. The van der Waals surface area contributed by atoms with Crippen LogP contribution in [0.5, 0.6) is 0 Å². The van der Waals surface area contributed by atoms with Gasteiger partial charge < -0.3 is 0 Å². The highest BCUT2D eigenvalue weighted by Crippen LogP contribution is 2.15. The summed E-state index contributed by atoms with van der Waals surface area (Å²) in [5.41, 5.74) is 1.54. The lowest BCUT2D eigenvalue weighted by Gasteiger charge is -2.04. The number of hydrogen-bond acceptors (Lipinski definition) is 0. The lowest BCUT2D eigenvalue weighted by molar-refractivity contribution is -0.697. The van der Waals surface area contributed by atoms with Gasteiger partial charge in [-0.25, -0.2) is 4.57 Å². The van der Waals surface area contributed by atoms with Crippen molar-refractivity contribution in [2.24, 2.45) is 0 Å². The Bertz CT molecular complexity index is 623. The van der Waals surface area contributed by atoms with Crippen molar-refractivity contribution in [3.8, 4) is 0 Å². The van der Waals surface area contributed by atoms with Crippen LogP contribution in [-0.4, -0.2) is 0 Å². The maximum atomic E-state index is 2.45. The minimum Gasteiger partial charge on any atom is -0.205 e. The Balaban J connectivity index is 1.85. The third-order valence-electron chi connectivity index (χ3n) is 9.26. The van der Waals surface area contributed by atoms with Gasteiger partial charge in [-0.15, -0.1) is 0 Å². The monoisotopic (exact) mass is 571 g/mol. The van der Waals surface area contributed by atoms with Crippen LogP contribution in [0.25, 0.3) is 0 Å². The molecule has 0 bridgehead atoms. The van der Waals surface area contributed by atoms with Gasteiger partial charge in [0.15, 0.2) is 12.4 Å². The largest absolute Gasteiger partial charge is 0.205 e. The molecule has 1 rings (SSSR count). The zero-order chi connectivity index (χ0) is 29.3. The predicted molar refractivity (Wildman–Crippen MR) is 185 cm³/mol. The van der Waals surface area contributed by atoms with Gasteiger partial charge in [-0.1, -0.05) is 194 Å². The highest BCUT2D eigenvalue weighted by molar-refractivity contribution is 5.05. The minimum atomic E-state index is 1.20. The van der Waals surface area contributed by atoms with E-state index in [2.05, 4.69) is 42.9 Å². The van der Waals surface area contributed by atoms with Crippen LogP contribution in [0.3, 0.4) is 0 Å². The van der Waals surface area contributed by atoms with Gasteiger partial charge >= 0.3 is 0 Å². The lowest BCUT2D eigenvalue weighted by Crippen LogP contribution is -2.33. The average Bonchev–Trinajstić information content (AvgIpc) is 2.99. The van der Waals surface area contributed by atoms with E-state index in [1.807, 2.05) is 0 Å². The summed E-state index contributed by atoms with van der Waals surface area (Å²) in [7, 11) is 0. The zero-order valence-corrected chi connectivity index (χ0v) is 28.6. The van der Waals surface area contributed by atoms with Crippen molar-refractivity contribution in [3.05, 3.63) is 30.1 Å². The number of aromatic nitrogens is 1. The van der Waals surface area contributed by atoms with E-state index < -0.39 is 0 Å². The van der Waals surface area contributed by atoms with Gasteiger partial charge in [0.2, 0.25) is 0 Å². The number of hydrogen-bond donors (Lipinski definition) is 0. The van der Waals surface area contributed by atoms with Gasteiger partial charge in [-0.05, 0) is 25.3 Å². The standard InChI is InChI=1S/C40H76N/c1-3-5-7-9-11-13-15-17-19-20-22-24-26-28-30-32-35-40-36-34-38-41(39-40)37-33-31-29-27-25-23-21-18-16-14-12-10-8-6-4-2/h34,36,38-39H,3-33,35,37H2,1-2H3/q+1. The SMILES string of the molecule is CCCCCCCCCCCCCCCCCCc1ccc[n+](CCCCCCCCCCCCCCCCC)c1. The molecule has 0 amide bonds. The Morgan fingerprint density at radius 3 is 1.07 bits per heavy atom. The zero-order valence-electron chi connectivity index (χ0n) is 28.6. The van der Waals surface area contributed by atoms with Crippen molar-refractivity contribution in [3.63, 3.8) is 0 Å². The molecule has 0 saturated carbocycles. The molecular formula is C40H76N+. The third kappa shape index (κ3) is 27.7. The van der Waals surface area contributed by atoms with Gasteiger partial charge in [-0.2, -0.15) is 0 Å². The normalized spacial score (nSPS) is 11.5. The fraction of sp³-hybridized carbons (Fsp3) is 0.875. The molecule has 1 heterocycles. The molecule has 1 aromatic heterocycles.